The van der Waals surface area contributed by atoms with Gasteiger partial charge in [-0.25, -0.2) is 0 Å². The number of nitrogens with zero attached hydrogens (tertiary/aromatic N) is 4. The van der Waals surface area contributed by atoms with Crippen molar-refractivity contribution in [3.05, 3.63) is 59.4 Å². The first kappa shape index (κ1) is 11.7. The van der Waals surface area contributed by atoms with E-state index >= 15 is 0 Å². The Labute approximate surface area is 115 Å². The van der Waals surface area contributed by atoms with Crippen LogP contribution in [-0.4, -0.2) is 24.7 Å². The predicted octanol–water partition coefficient (Wildman–Crippen LogP) is 2.45. The largest absolute Gasteiger partial charge is 0.296 e. The van der Waals surface area contributed by atoms with Crippen molar-refractivity contribution < 1.29 is 0 Å². The summed E-state index contributed by atoms with van der Waals surface area (Å²) in [6.45, 7) is 0.640. The summed E-state index contributed by atoms with van der Waals surface area (Å²) in [6, 6.07) is 7.73. The average molecular weight is 269 g/mol. The maximum absolute atomic E-state index is 5.28. The summed E-state index contributed by atoms with van der Waals surface area (Å²) in [5.74, 6) is 0.802. The zero-order valence-electron chi connectivity index (χ0n) is 10.0. The normalized spacial score (nSPS) is 10.5. The van der Waals surface area contributed by atoms with E-state index in [-0.39, 0.29) is 0 Å². The third kappa shape index (κ3) is 2.43. The van der Waals surface area contributed by atoms with Gasteiger partial charge in [0.05, 0.1) is 6.54 Å². The highest BCUT2D eigenvalue weighted by Crippen LogP contribution is 2.17. The molecule has 0 atom stereocenters. The van der Waals surface area contributed by atoms with Crippen LogP contribution in [0.25, 0.3) is 11.4 Å². The summed E-state index contributed by atoms with van der Waals surface area (Å²) in [6.07, 6.45) is 7.05. The lowest BCUT2D eigenvalue weighted by Crippen LogP contribution is -2.02. The molecule has 0 aliphatic carbocycles. The number of hydrogen-bond acceptors (Lipinski definition) is 4. The molecule has 3 aromatic heterocycles. The Hall–Kier alpha value is -2.34. The minimum atomic E-state index is 0.593. The Balaban J connectivity index is 2.03. The zero-order valence-corrected chi connectivity index (χ0v) is 10.8. The van der Waals surface area contributed by atoms with E-state index in [1.54, 1.807) is 18.6 Å². The maximum atomic E-state index is 5.28. The van der Waals surface area contributed by atoms with Gasteiger partial charge >= 0.3 is 0 Å². The van der Waals surface area contributed by atoms with Gasteiger partial charge in [-0.05, 0) is 36.0 Å². The molecule has 0 saturated heterocycles. The maximum Gasteiger partial charge on any atom is 0.195 e. The van der Waals surface area contributed by atoms with Crippen LogP contribution in [0.5, 0.6) is 0 Å². The van der Waals surface area contributed by atoms with Crippen molar-refractivity contribution in [1.29, 1.82) is 0 Å². The fraction of sp³-hybridized carbons (Fsp3) is 0.0769. The van der Waals surface area contributed by atoms with Gasteiger partial charge in [-0.1, -0.05) is 6.07 Å². The molecule has 0 saturated carbocycles. The summed E-state index contributed by atoms with van der Waals surface area (Å²) < 4.78 is 2.54. The molecule has 3 heterocycles. The topological polar surface area (TPSA) is 59.4 Å². The van der Waals surface area contributed by atoms with Crippen LogP contribution in [0.2, 0.25) is 0 Å². The van der Waals surface area contributed by atoms with Crippen molar-refractivity contribution in [3.8, 4) is 11.4 Å². The number of H-pyrrole nitrogens is 1. The number of aromatic nitrogens is 5. The highest BCUT2D eigenvalue weighted by Gasteiger charge is 2.08. The SMILES string of the molecule is S=c1[nH]nc(-c2ccncc2)n1Cc1cccnc1. The van der Waals surface area contributed by atoms with Crippen LogP contribution >= 0.6 is 12.2 Å². The molecule has 0 aliphatic rings. The summed E-state index contributed by atoms with van der Waals surface area (Å²) in [4.78, 5) is 8.12. The van der Waals surface area contributed by atoms with Gasteiger partial charge in [0.2, 0.25) is 0 Å². The fourth-order valence-corrected chi connectivity index (χ4v) is 2.06. The molecule has 0 unspecified atom stereocenters. The number of rotatable bonds is 3. The number of nitrogens with one attached hydrogen (secondary N) is 1. The minimum absolute atomic E-state index is 0.593. The summed E-state index contributed by atoms with van der Waals surface area (Å²) in [5.41, 5.74) is 2.06. The van der Waals surface area contributed by atoms with Crippen LogP contribution in [0.15, 0.2) is 49.1 Å². The van der Waals surface area contributed by atoms with Gasteiger partial charge in [0, 0.05) is 30.4 Å². The Morgan fingerprint density at radius 2 is 1.95 bits per heavy atom. The zero-order chi connectivity index (χ0) is 13.1. The Morgan fingerprint density at radius 3 is 2.68 bits per heavy atom. The first-order chi connectivity index (χ1) is 9.34. The van der Waals surface area contributed by atoms with Gasteiger partial charge in [0.25, 0.3) is 0 Å². The second-order valence-corrected chi connectivity index (χ2v) is 4.42. The third-order valence-electron chi connectivity index (χ3n) is 2.76. The molecule has 0 aromatic carbocycles. The van der Waals surface area contributed by atoms with E-state index in [1.807, 2.05) is 35.0 Å². The predicted molar refractivity (Wildman–Crippen MR) is 74.0 cm³/mol. The molecular weight excluding hydrogens is 258 g/mol. The molecule has 19 heavy (non-hydrogen) atoms. The Morgan fingerprint density at radius 1 is 1.11 bits per heavy atom. The van der Waals surface area contributed by atoms with Gasteiger partial charge in [0.15, 0.2) is 10.6 Å². The van der Waals surface area contributed by atoms with E-state index in [4.69, 9.17) is 12.2 Å². The van der Waals surface area contributed by atoms with Gasteiger partial charge < -0.3 is 0 Å². The first-order valence-electron chi connectivity index (χ1n) is 5.79. The molecule has 5 nitrogen and oxygen atoms in total. The molecule has 0 spiro atoms. The molecular formula is C13H11N5S. The highest BCUT2D eigenvalue weighted by molar-refractivity contribution is 7.71. The smallest absolute Gasteiger partial charge is 0.195 e. The van der Waals surface area contributed by atoms with Crippen molar-refractivity contribution in [1.82, 2.24) is 24.7 Å². The Kier molecular flexibility index (Phi) is 3.16. The van der Waals surface area contributed by atoms with Crippen LogP contribution in [0.1, 0.15) is 5.56 Å². The van der Waals surface area contributed by atoms with Crippen molar-refractivity contribution in [3.63, 3.8) is 0 Å². The molecule has 6 heteroatoms. The Bertz CT molecular complexity index is 718. The lowest BCUT2D eigenvalue weighted by atomic mass is 10.2. The molecule has 1 N–H and O–H groups in total. The van der Waals surface area contributed by atoms with E-state index in [9.17, 15) is 0 Å². The highest BCUT2D eigenvalue weighted by atomic mass is 32.1. The molecule has 0 aliphatic heterocycles. The van der Waals surface area contributed by atoms with Gasteiger partial charge in [-0.3, -0.25) is 19.6 Å². The third-order valence-corrected chi connectivity index (χ3v) is 3.07. The average Bonchev–Trinajstić information content (AvgIpc) is 2.82. The summed E-state index contributed by atoms with van der Waals surface area (Å²) >= 11 is 5.28. The molecule has 3 aromatic rings. The lowest BCUT2D eigenvalue weighted by molar-refractivity contribution is 0.786. The van der Waals surface area contributed by atoms with Crippen LogP contribution in [0, 0.1) is 4.77 Å². The number of aromatic amines is 1. The molecule has 0 radical (unpaired) electrons. The molecule has 0 fully saturated rings. The van der Waals surface area contributed by atoms with E-state index in [0.29, 0.717) is 11.3 Å². The van der Waals surface area contributed by atoms with Crippen LogP contribution in [-0.2, 0) is 6.54 Å². The first-order valence-corrected chi connectivity index (χ1v) is 6.20. The molecule has 3 rings (SSSR count). The van der Waals surface area contributed by atoms with Crippen LogP contribution < -0.4 is 0 Å². The molecule has 0 amide bonds. The fourth-order valence-electron chi connectivity index (χ4n) is 1.86. The second-order valence-electron chi connectivity index (χ2n) is 4.04. The lowest BCUT2D eigenvalue weighted by Gasteiger charge is -2.06. The molecule has 0 bridgehead atoms. The standard InChI is InChI=1S/C13H11N5S/c19-13-17-16-12(11-3-6-14-7-4-11)18(13)9-10-2-1-5-15-8-10/h1-8H,9H2,(H,17,19). The monoisotopic (exact) mass is 269 g/mol. The summed E-state index contributed by atoms with van der Waals surface area (Å²) in [7, 11) is 0. The van der Waals surface area contributed by atoms with E-state index in [2.05, 4.69) is 20.2 Å². The van der Waals surface area contributed by atoms with Gasteiger partial charge in [-0.2, -0.15) is 5.10 Å². The quantitative estimate of drug-likeness (QED) is 0.742. The number of pyridine rings is 2. The second kappa shape index (κ2) is 5.11. The van der Waals surface area contributed by atoms with Crippen molar-refractivity contribution >= 4 is 12.2 Å². The van der Waals surface area contributed by atoms with Gasteiger partial charge in [-0.15, -0.1) is 0 Å². The summed E-state index contributed by atoms with van der Waals surface area (Å²) in [5, 5.41) is 7.11. The van der Waals surface area contributed by atoms with Crippen LogP contribution in [0.4, 0.5) is 0 Å². The molecule has 94 valence electrons. The van der Waals surface area contributed by atoms with Crippen molar-refractivity contribution in [2.24, 2.45) is 0 Å². The van der Waals surface area contributed by atoms with E-state index in [1.165, 1.54) is 0 Å². The van der Waals surface area contributed by atoms with Crippen molar-refractivity contribution in [2.75, 3.05) is 0 Å². The van der Waals surface area contributed by atoms with E-state index in [0.717, 1.165) is 17.0 Å². The van der Waals surface area contributed by atoms with Crippen molar-refractivity contribution in [2.45, 2.75) is 6.54 Å². The van der Waals surface area contributed by atoms with E-state index < -0.39 is 0 Å². The van der Waals surface area contributed by atoms with Crippen LogP contribution in [0.3, 0.4) is 0 Å². The van der Waals surface area contributed by atoms with Gasteiger partial charge in [0.1, 0.15) is 0 Å². The minimum Gasteiger partial charge on any atom is -0.296 e. The number of hydrogen-bond donors (Lipinski definition) is 1.